The topological polar surface area (TPSA) is 128 Å². The van der Waals surface area contributed by atoms with E-state index in [9.17, 15) is 36.3 Å². The van der Waals surface area contributed by atoms with Gasteiger partial charge in [0, 0.05) is 35.9 Å². The summed E-state index contributed by atoms with van der Waals surface area (Å²) < 4.78 is 73.3. The minimum absolute atomic E-state index is 0.0214. The number of fused-ring (bicyclic) bond motifs is 1. The Balaban J connectivity index is 1.57. The number of alkyl halides is 3. The van der Waals surface area contributed by atoms with Crippen molar-refractivity contribution in [1.29, 1.82) is 0 Å². The molecule has 3 N–H and O–H groups in total. The van der Waals surface area contributed by atoms with Gasteiger partial charge < -0.3 is 25.0 Å². The van der Waals surface area contributed by atoms with Gasteiger partial charge in [-0.15, -0.1) is 0 Å². The third kappa shape index (κ3) is 8.18. The number of hydrogen-bond donors (Lipinski definition) is 3. The number of halogens is 4. The van der Waals surface area contributed by atoms with Gasteiger partial charge in [0.15, 0.2) is 0 Å². The third-order valence-electron chi connectivity index (χ3n) is 7.30. The molecule has 45 heavy (non-hydrogen) atoms. The first-order valence-electron chi connectivity index (χ1n) is 13.8. The predicted molar refractivity (Wildman–Crippen MR) is 163 cm³/mol. The van der Waals surface area contributed by atoms with Crippen LogP contribution in [-0.2, 0) is 16.2 Å². The number of aliphatic hydroxyl groups excluding tert-OH is 1. The van der Waals surface area contributed by atoms with Gasteiger partial charge in [-0.25, -0.2) is 13.2 Å². The maximum Gasteiger partial charge on any atom is 0.416 e. The van der Waals surface area contributed by atoms with Crippen LogP contribution in [-0.4, -0.2) is 74.2 Å². The van der Waals surface area contributed by atoms with Crippen molar-refractivity contribution in [1.82, 2.24) is 9.80 Å². The summed E-state index contributed by atoms with van der Waals surface area (Å²) in [5.74, 6) is -0.698. The second kappa shape index (κ2) is 13.5. The molecule has 4 rings (SSSR count). The number of rotatable bonds is 8. The van der Waals surface area contributed by atoms with E-state index in [4.69, 9.17) is 16.3 Å². The Bertz CT molecular complexity index is 1640. The molecule has 10 nitrogen and oxygen atoms in total. The number of nitrogens with zero attached hydrogens (tertiary/aromatic N) is 2. The van der Waals surface area contributed by atoms with E-state index in [2.05, 4.69) is 10.0 Å². The molecule has 0 aromatic heterocycles. The third-order valence-corrected chi connectivity index (χ3v) is 8.95. The van der Waals surface area contributed by atoms with E-state index < -0.39 is 45.8 Å². The lowest BCUT2D eigenvalue weighted by Gasteiger charge is -2.38. The van der Waals surface area contributed by atoms with Gasteiger partial charge in [-0.05, 0) is 73.7 Å². The largest absolute Gasteiger partial charge is 0.487 e. The zero-order chi connectivity index (χ0) is 33.1. The van der Waals surface area contributed by atoms with Crippen LogP contribution in [0.2, 0.25) is 5.02 Å². The van der Waals surface area contributed by atoms with Crippen molar-refractivity contribution in [2.45, 2.75) is 37.1 Å². The first kappa shape index (κ1) is 33.9. The summed E-state index contributed by atoms with van der Waals surface area (Å²) in [4.78, 5) is 29.3. The first-order chi connectivity index (χ1) is 21.1. The van der Waals surface area contributed by atoms with Crippen molar-refractivity contribution < 1.29 is 41.0 Å². The molecule has 0 fully saturated rings. The Morgan fingerprint density at radius 1 is 1.11 bits per heavy atom. The molecular weight excluding hydrogens is 637 g/mol. The van der Waals surface area contributed by atoms with E-state index in [0.29, 0.717) is 5.02 Å². The fourth-order valence-electron chi connectivity index (χ4n) is 4.65. The molecule has 0 saturated heterocycles. The van der Waals surface area contributed by atoms with E-state index >= 15 is 0 Å². The molecule has 3 atom stereocenters. The summed E-state index contributed by atoms with van der Waals surface area (Å²) in [6.45, 7) is 3.31. The van der Waals surface area contributed by atoms with E-state index in [0.717, 1.165) is 24.3 Å². The van der Waals surface area contributed by atoms with Crippen molar-refractivity contribution in [2.24, 2.45) is 5.92 Å². The first-order valence-corrected chi connectivity index (χ1v) is 15.7. The van der Waals surface area contributed by atoms with E-state index in [1.165, 1.54) is 59.3 Å². The Hall–Kier alpha value is -4.01. The number of carbonyl (C=O) groups is 2. The molecule has 1 heterocycles. The highest BCUT2D eigenvalue weighted by Gasteiger charge is 2.35. The van der Waals surface area contributed by atoms with Crippen molar-refractivity contribution >= 4 is 44.9 Å². The van der Waals surface area contributed by atoms with Crippen LogP contribution in [0.15, 0.2) is 71.6 Å². The number of likely N-dealkylation sites (N-methyl/N-ethyl adjacent to an activating group) is 1. The lowest BCUT2D eigenvalue weighted by Crippen LogP contribution is -2.50. The molecule has 0 saturated carbocycles. The van der Waals surface area contributed by atoms with Crippen LogP contribution in [0.5, 0.6) is 5.75 Å². The average Bonchev–Trinajstić information content (AvgIpc) is 2.98. The molecule has 3 aromatic rings. The quantitative estimate of drug-likeness (QED) is 0.289. The highest BCUT2D eigenvalue weighted by Crippen LogP contribution is 2.32. The maximum atomic E-state index is 13.7. The molecule has 242 valence electrons. The van der Waals surface area contributed by atoms with Gasteiger partial charge in [0.2, 0.25) is 0 Å². The van der Waals surface area contributed by atoms with Crippen LogP contribution in [0.25, 0.3) is 0 Å². The van der Waals surface area contributed by atoms with Crippen molar-refractivity contribution in [3.05, 3.63) is 82.9 Å². The maximum absolute atomic E-state index is 13.7. The van der Waals surface area contributed by atoms with Crippen molar-refractivity contribution in [3.63, 3.8) is 0 Å². The normalized spacial score (nSPS) is 17.8. The Morgan fingerprint density at radius 3 is 2.33 bits per heavy atom. The molecule has 0 radical (unpaired) electrons. The minimum atomic E-state index is -4.51. The highest BCUT2D eigenvalue weighted by atomic mass is 35.5. The second-order valence-electron chi connectivity index (χ2n) is 10.8. The Labute approximate surface area is 263 Å². The van der Waals surface area contributed by atoms with Gasteiger partial charge in [0.05, 0.1) is 35.2 Å². The Kier molecular flexibility index (Phi) is 10.2. The second-order valence-corrected chi connectivity index (χ2v) is 12.9. The lowest BCUT2D eigenvalue weighted by atomic mass is 9.99. The highest BCUT2D eigenvalue weighted by molar-refractivity contribution is 7.92. The summed E-state index contributed by atoms with van der Waals surface area (Å²) in [7, 11) is -2.54. The number of nitrogens with one attached hydrogen (secondary N) is 2. The molecule has 0 unspecified atom stereocenters. The molecule has 3 amide bonds. The number of anilines is 2. The van der Waals surface area contributed by atoms with Crippen LogP contribution in [0.3, 0.4) is 0 Å². The summed E-state index contributed by atoms with van der Waals surface area (Å²) in [6.07, 6.45) is -5.18. The molecule has 0 spiro atoms. The Morgan fingerprint density at radius 2 is 1.73 bits per heavy atom. The van der Waals surface area contributed by atoms with Gasteiger partial charge in [0.25, 0.3) is 15.9 Å². The van der Waals surface area contributed by atoms with Gasteiger partial charge >= 0.3 is 12.2 Å². The van der Waals surface area contributed by atoms with Gasteiger partial charge in [-0.3, -0.25) is 9.52 Å². The van der Waals surface area contributed by atoms with Gasteiger partial charge in [-0.2, -0.15) is 13.2 Å². The van der Waals surface area contributed by atoms with Crippen LogP contribution in [0, 0.1) is 5.92 Å². The number of hydrogen-bond acceptors (Lipinski definition) is 6. The van der Waals surface area contributed by atoms with Crippen molar-refractivity contribution in [2.75, 3.05) is 36.8 Å². The molecule has 1 aliphatic heterocycles. The molecule has 0 aliphatic carbocycles. The van der Waals surface area contributed by atoms with E-state index in [1.54, 1.807) is 6.92 Å². The number of urea groups is 1. The number of carbonyl (C=O) groups excluding carboxylic acids is 2. The van der Waals surface area contributed by atoms with Crippen LogP contribution in [0.1, 0.15) is 29.8 Å². The molecule has 1 aliphatic rings. The zero-order valence-electron chi connectivity index (χ0n) is 24.5. The monoisotopic (exact) mass is 668 g/mol. The number of aliphatic hydroxyl groups is 1. The number of amides is 3. The molecule has 0 bridgehead atoms. The summed E-state index contributed by atoms with van der Waals surface area (Å²) in [5, 5.41) is 12.8. The molecule has 15 heteroatoms. The zero-order valence-corrected chi connectivity index (χ0v) is 26.1. The lowest BCUT2D eigenvalue weighted by molar-refractivity contribution is -0.137. The smallest absolute Gasteiger partial charge is 0.416 e. The van der Waals surface area contributed by atoms with Gasteiger partial charge in [0.1, 0.15) is 11.9 Å². The average molecular weight is 669 g/mol. The van der Waals surface area contributed by atoms with E-state index in [1.807, 2.05) is 6.92 Å². The summed E-state index contributed by atoms with van der Waals surface area (Å²) >= 11 is 5.87. The number of sulfonamides is 1. The fraction of sp³-hybridized carbons (Fsp3) is 0.333. The molecule has 3 aromatic carbocycles. The van der Waals surface area contributed by atoms with Crippen LogP contribution >= 0.6 is 11.6 Å². The predicted octanol–water partition coefficient (Wildman–Crippen LogP) is 5.54. The summed E-state index contributed by atoms with van der Waals surface area (Å²) in [6, 6.07) is 12.6. The SMILES string of the molecule is C[C@H](CO)N1C[C@H](C)[C@@H](CN(C)C(=O)Nc2ccc(C(F)(F)F)cc2)Oc2ccc(NS(=O)(=O)c3ccc(Cl)cc3)cc2C1=O. The molecular formula is C30H32ClF3N4O6S. The van der Waals surface area contributed by atoms with Crippen LogP contribution in [0.4, 0.5) is 29.3 Å². The fourth-order valence-corrected chi connectivity index (χ4v) is 5.82. The van der Waals surface area contributed by atoms with E-state index in [-0.39, 0.29) is 53.2 Å². The minimum Gasteiger partial charge on any atom is -0.487 e. The van der Waals surface area contributed by atoms with Crippen LogP contribution < -0.4 is 14.8 Å². The standard InChI is InChI=1S/C30H32ClF3N4O6S/c1-18-15-38(19(2)17-39)28(40)25-14-23(36-45(42,43)24-11-6-21(31)7-12-24)10-13-26(25)44-27(18)16-37(3)29(41)35-22-8-4-20(5-9-22)30(32,33)34/h4-14,18-19,27,36,39H,15-17H2,1-3H3,(H,35,41)/t18-,19+,27+/m0/s1. The summed E-state index contributed by atoms with van der Waals surface area (Å²) in [5.41, 5.74) is -0.545. The van der Waals surface area contributed by atoms with Gasteiger partial charge in [-0.1, -0.05) is 18.5 Å². The number of ether oxygens (including phenoxy) is 1. The number of benzene rings is 3. The van der Waals surface area contributed by atoms with Crippen molar-refractivity contribution in [3.8, 4) is 5.75 Å².